The van der Waals surface area contributed by atoms with Crippen LogP contribution in [0.4, 0.5) is 5.82 Å². The van der Waals surface area contributed by atoms with Crippen molar-refractivity contribution in [2.24, 2.45) is 5.89 Å². The van der Waals surface area contributed by atoms with Crippen LogP contribution in [0.25, 0.3) is 0 Å². The van der Waals surface area contributed by atoms with Crippen LogP contribution in [0.1, 0.15) is 92.5 Å². The van der Waals surface area contributed by atoms with E-state index in [1.165, 1.54) is 4.90 Å². The van der Waals surface area contributed by atoms with Crippen LogP contribution in [0, 0.1) is 17.2 Å². The number of fused-ring (bicyclic) bond motifs is 1. The molecule has 8 heteroatoms. The SMILES string of the molecule is [2H]C([2H])([2H])C([2H])(C([2H])([2H])[2H])C1([2H])CN(c2nc(C3CC3)c3c(c2C#N)CC(C)(C)OC3)CCN1C(=O)CCC(=O)OC. The van der Waals surface area contributed by atoms with Crippen LogP contribution in [0.2, 0.25) is 0 Å². The minimum Gasteiger partial charge on any atom is -0.469 e. The van der Waals surface area contributed by atoms with Gasteiger partial charge in [-0.3, -0.25) is 9.59 Å². The lowest BCUT2D eigenvalue weighted by atomic mass is 9.87. The Kier molecular flexibility index (Phi) is 4.51. The number of ether oxygens (including phenoxy) is 2. The van der Waals surface area contributed by atoms with Gasteiger partial charge in [-0.05, 0) is 38.1 Å². The molecule has 1 amide bonds. The van der Waals surface area contributed by atoms with Crippen molar-refractivity contribution in [3.63, 3.8) is 0 Å². The first-order chi connectivity index (χ1) is 19.3. The average Bonchev–Trinajstić information content (AvgIpc) is 3.73. The molecule has 2 fully saturated rings. The second-order valence-electron chi connectivity index (χ2n) is 9.63. The number of esters is 1. The van der Waals surface area contributed by atoms with E-state index in [4.69, 9.17) is 19.3 Å². The summed E-state index contributed by atoms with van der Waals surface area (Å²) in [6.45, 7) is -4.00. The molecule has 0 aromatic carbocycles. The summed E-state index contributed by atoms with van der Waals surface area (Å²) in [5.41, 5.74) is 1.99. The van der Waals surface area contributed by atoms with Gasteiger partial charge in [0.25, 0.3) is 0 Å². The summed E-state index contributed by atoms with van der Waals surface area (Å²) in [6, 6.07) is -0.623. The molecule has 8 nitrogen and oxygen atoms in total. The number of nitriles is 1. The molecule has 0 radical (unpaired) electrons. The molecule has 1 aliphatic carbocycles. The number of piperazine rings is 1. The normalized spacial score (nSPS) is 28.4. The van der Waals surface area contributed by atoms with Crippen LogP contribution in [-0.4, -0.2) is 60.1 Å². The molecule has 1 saturated heterocycles. The van der Waals surface area contributed by atoms with Crippen LogP contribution in [0.5, 0.6) is 0 Å². The number of methoxy groups -OCH3 is 1. The first-order valence-corrected chi connectivity index (χ1v) is 11.5. The maximum Gasteiger partial charge on any atom is 0.306 e. The van der Waals surface area contributed by atoms with Gasteiger partial charge in [-0.1, -0.05) is 13.7 Å². The van der Waals surface area contributed by atoms with Crippen molar-refractivity contribution >= 4 is 17.7 Å². The van der Waals surface area contributed by atoms with Crippen LogP contribution in [0.3, 0.4) is 0 Å². The number of carbonyl (C=O) groups excluding carboxylic acids is 2. The topological polar surface area (TPSA) is 95.8 Å². The molecular formula is C26H36N4O4. The van der Waals surface area contributed by atoms with E-state index in [2.05, 4.69) is 10.8 Å². The Morgan fingerprint density at radius 2 is 2.12 bits per heavy atom. The Morgan fingerprint density at radius 3 is 2.76 bits per heavy atom. The second kappa shape index (κ2) is 9.53. The molecule has 0 spiro atoms. The van der Waals surface area contributed by atoms with Gasteiger partial charge < -0.3 is 19.3 Å². The molecule has 4 rings (SSSR count). The van der Waals surface area contributed by atoms with Crippen molar-refractivity contribution in [3.05, 3.63) is 22.4 Å². The van der Waals surface area contributed by atoms with Gasteiger partial charge in [-0.25, -0.2) is 4.98 Å². The Morgan fingerprint density at radius 1 is 1.35 bits per heavy atom. The van der Waals surface area contributed by atoms with Gasteiger partial charge in [-0.15, -0.1) is 0 Å². The molecule has 1 aromatic heterocycles. The third-order valence-electron chi connectivity index (χ3n) is 6.63. The highest BCUT2D eigenvalue weighted by Gasteiger charge is 2.39. The number of nitrogens with zero attached hydrogens (tertiary/aromatic N) is 4. The standard InChI is InChI=1S/C26H36N4O4/c1-16(2)21-14-29(10-11-30(21)22(31)8-9-23(32)33-5)25-19(13-27)18-12-26(3,4)34-15-20(18)24(28-25)17-6-7-17/h16-17,21H,6-12,14-15H2,1-5H3/i1D3,2D3,16D,21D. The van der Waals surface area contributed by atoms with E-state index in [0.717, 1.165) is 41.7 Å². The smallest absolute Gasteiger partial charge is 0.306 e. The van der Waals surface area contributed by atoms with Gasteiger partial charge in [0, 0.05) is 53.6 Å². The third kappa shape index (κ3) is 4.90. The van der Waals surface area contributed by atoms with E-state index in [0.29, 0.717) is 6.42 Å². The quantitative estimate of drug-likeness (QED) is 0.581. The number of anilines is 1. The predicted octanol–water partition coefficient (Wildman–Crippen LogP) is 3.31. The molecule has 2 aliphatic heterocycles. The summed E-state index contributed by atoms with van der Waals surface area (Å²) in [6.07, 6.45) is 1.36. The minimum atomic E-state index is -3.52. The Hall–Kier alpha value is -2.66. The van der Waals surface area contributed by atoms with Gasteiger partial charge in [0.05, 0.1) is 44.4 Å². The van der Waals surface area contributed by atoms with Crippen molar-refractivity contribution in [1.82, 2.24) is 9.88 Å². The zero-order valence-electron chi connectivity index (χ0n) is 27.9. The van der Waals surface area contributed by atoms with E-state index in [-0.39, 0.29) is 43.4 Å². The summed E-state index contributed by atoms with van der Waals surface area (Å²) in [4.78, 5) is 32.2. The molecule has 0 N–H and O–H groups in total. The summed E-state index contributed by atoms with van der Waals surface area (Å²) in [5.74, 6) is -4.69. The van der Waals surface area contributed by atoms with Gasteiger partial charge in [-0.2, -0.15) is 5.26 Å². The van der Waals surface area contributed by atoms with Crippen molar-refractivity contribution in [2.45, 2.75) is 83.8 Å². The van der Waals surface area contributed by atoms with E-state index < -0.39 is 56.1 Å². The zero-order chi connectivity index (χ0) is 31.5. The van der Waals surface area contributed by atoms with Crippen molar-refractivity contribution in [1.29, 1.82) is 5.26 Å². The number of rotatable bonds is 6. The molecule has 34 heavy (non-hydrogen) atoms. The van der Waals surface area contributed by atoms with Gasteiger partial charge in [0.1, 0.15) is 11.9 Å². The molecule has 1 atom stereocenters. The monoisotopic (exact) mass is 476 g/mol. The van der Waals surface area contributed by atoms with E-state index in [1.54, 1.807) is 0 Å². The number of carbonyl (C=O) groups is 2. The number of hydrogen-bond acceptors (Lipinski definition) is 7. The van der Waals surface area contributed by atoms with Crippen LogP contribution >= 0.6 is 0 Å². The molecule has 184 valence electrons. The highest BCUT2D eigenvalue weighted by atomic mass is 16.5. The zero-order valence-corrected chi connectivity index (χ0v) is 19.9. The highest BCUT2D eigenvalue weighted by molar-refractivity contribution is 5.82. The fourth-order valence-corrected chi connectivity index (χ4v) is 4.64. The summed E-state index contributed by atoms with van der Waals surface area (Å²) in [5, 5.41) is 10.3. The number of aromatic nitrogens is 1. The van der Waals surface area contributed by atoms with Crippen LogP contribution in [0.15, 0.2) is 0 Å². The van der Waals surface area contributed by atoms with E-state index >= 15 is 0 Å². The lowest BCUT2D eigenvalue weighted by Crippen LogP contribution is -2.57. The van der Waals surface area contributed by atoms with Gasteiger partial charge >= 0.3 is 5.97 Å². The minimum absolute atomic E-state index is 0.00681. The van der Waals surface area contributed by atoms with Crippen LogP contribution in [-0.2, 0) is 32.1 Å². The molecule has 3 heterocycles. The third-order valence-corrected chi connectivity index (χ3v) is 6.63. The lowest BCUT2D eigenvalue weighted by molar-refractivity contribution is -0.144. The predicted molar refractivity (Wildman–Crippen MR) is 127 cm³/mol. The van der Waals surface area contributed by atoms with Crippen molar-refractivity contribution < 1.29 is 30.0 Å². The van der Waals surface area contributed by atoms with E-state index in [9.17, 15) is 16.2 Å². The Bertz CT molecular complexity index is 1290. The largest absolute Gasteiger partial charge is 0.469 e. The first-order valence-electron chi connectivity index (χ1n) is 15.5. The molecule has 1 unspecified atom stereocenters. The van der Waals surface area contributed by atoms with Crippen molar-refractivity contribution in [2.75, 3.05) is 31.6 Å². The highest BCUT2D eigenvalue weighted by Crippen LogP contribution is 2.46. The number of hydrogen-bond donors (Lipinski definition) is 0. The molecule has 3 aliphatic rings. The Balaban J connectivity index is 1.86. The maximum atomic E-state index is 13.4. The van der Waals surface area contributed by atoms with Gasteiger partial charge in [0.15, 0.2) is 0 Å². The molecular weight excluding hydrogens is 432 g/mol. The summed E-state index contributed by atoms with van der Waals surface area (Å²) >= 11 is 0. The van der Waals surface area contributed by atoms with Crippen LogP contribution < -0.4 is 4.90 Å². The fourth-order valence-electron chi connectivity index (χ4n) is 4.64. The summed E-state index contributed by atoms with van der Waals surface area (Å²) < 4.78 is 77.6. The van der Waals surface area contributed by atoms with Gasteiger partial charge in [0.2, 0.25) is 5.91 Å². The van der Waals surface area contributed by atoms with Crippen molar-refractivity contribution in [3.8, 4) is 6.07 Å². The maximum absolute atomic E-state index is 13.4. The summed E-state index contributed by atoms with van der Waals surface area (Å²) in [7, 11) is 1.14. The average molecular weight is 477 g/mol. The first kappa shape index (κ1) is 16.1. The van der Waals surface area contributed by atoms with E-state index in [1.807, 2.05) is 13.8 Å². The number of amides is 1. The molecule has 0 bridgehead atoms. The molecule has 1 saturated carbocycles. The Labute approximate surface area is 213 Å². The molecule has 1 aromatic rings. The second-order valence-corrected chi connectivity index (χ2v) is 9.63. The lowest BCUT2D eigenvalue weighted by Gasteiger charge is -2.44. The fraction of sp³-hybridized carbons (Fsp3) is 0.692. The number of pyridine rings is 1.